The van der Waals surface area contributed by atoms with E-state index in [4.69, 9.17) is 19.9 Å². The molecule has 7 nitrogen and oxygen atoms in total. The number of nitrogens with two attached hydrogens (primary N) is 1. The van der Waals surface area contributed by atoms with E-state index < -0.39 is 0 Å². The third kappa shape index (κ3) is 3.19. The highest BCUT2D eigenvalue weighted by Gasteiger charge is 2.18. The Hall–Kier alpha value is -2.57. The monoisotopic (exact) mass is 304 g/mol. The van der Waals surface area contributed by atoms with Crippen molar-refractivity contribution in [1.82, 2.24) is 15.0 Å². The van der Waals surface area contributed by atoms with E-state index in [1.165, 1.54) is 0 Å². The fourth-order valence-electron chi connectivity index (χ4n) is 1.94. The van der Waals surface area contributed by atoms with E-state index in [2.05, 4.69) is 15.0 Å². The first-order valence-electron chi connectivity index (χ1n) is 6.86. The predicted octanol–water partition coefficient (Wildman–Crippen LogP) is 2.70. The lowest BCUT2D eigenvalue weighted by atomic mass is 10.1. The smallest absolute Gasteiger partial charge is 0.257 e. The normalized spacial score (nSPS) is 10.6. The minimum Gasteiger partial charge on any atom is -0.491 e. The lowest BCUT2D eigenvalue weighted by Gasteiger charge is -2.16. The van der Waals surface area contributed by atoms with Crippen LogP contribution in [0.25, 0.3) is 0 Å². The molecule has 0 bridgehead atoms. The fourth-order valence-corrected chi connectivity index (χ4v) is 1.94. The number of methoxy groups -OCH3 is 2. The lowest BCUT2D eigenvalue weighted by molar-refractivity contribution is 0.336. The number of pyridine rings is 1. The first-order valence-corrected chi connectivity index (χ1v) is 6.86. The molecule has 22 heavy (non-hydrogen) atoms. The highest BCUT2D eigenvalue weighted by Crippen LogP contribution is 2.37. The minimum absolute atomic E-state index is 0.127. The molecule has 7 heteroatoms. The van der Waals surface area contributed by atoms with Crippen molar-refractivity contribution in [2.45, 2.75) is 26.7 Å². The molecular formula is C15H20N4O3. The number of aryl methyl sites for hydroxylation is 1. The molecule has 2 aromatic rings. The molecule has 2 N–H and O–H groups in total. The number of nitrogens with zero attached hydrogens (tertiary/aromatic N) is 3. The molecule has 118 valence electrons. The van der Waals surface area contributed by atoms with Crippen molar-refractivity contribution in [3.8, 4) is 23.1 Å². The standard InChI is InChI=1S/C15H20N4O3/c1-8(2)13-10(6-11(20-4)15(19-13)21-5)22-12-7-17-9(3)18-14(12)16/h6-8H,1-5H3,(H2,16,17,18). The Morgan fingerprint density at radius 2 is 1.77 bits per heavy atom. The number of hydrogen-bond donors (Lipinski definition) is 1. The minimum atomic E-state index is 0.127. The summed E-state index contributed by atoms with van der Waals surface area (Å²) >= 11 is 0. The Bertz CT molecular complexity index is 674. The molecule has 0 unspecified atom stereocenters. The van der Waals surface area contributed by atoms with E-state index in [1.807, 2.05) is 13.8 Å². The zero-order valence-corrected chi connectivity index (χ0v) is 13.4. The highest BCUT2D eigenvalue weighted by atomic mass is 16.5. The maximum Gasteiger partial charge on any atom is 0.257 e. The van der Waals surface area contributed by atoms with E-state index in [1.54, 1.807) is 33.4 Å². The Morgan fingerprint density at radius 3 is 2.32 bits per heavy atom. The molecule has 0 aliphatic heterocycles. The summed E-state index contributed by atoms with van der Waals surface area (Å²) in [6.07, 6.45) is 1.54. The molecule has 0 saturated carbocycles. The molecule has 0 aromatic carbocycles. The first-order chi connectivity index (χ1) is 10.5. The van der Waals surface area contributed by atoms with Crippen LogP contribution in [-0.2, 0) is 0 Å². The van der Waals surface area contributed by atoms with Crippen molar-refractivity contribution in [3.05, 3.63) is 23.8 Å². The Balaban J connectivity index is 2.48. The van der Waals surface area contributed by atoms with Gasteiger partial charge in [-0.1, -0.05) is 13.8 Å². The molecule has 0 saturated heterocycles. The first kappa shape index (κ1) is 15.8. The summed E-state index contributed by atoms with van der Waals surface area (Å²) in [5.41, 5.74) is 6.60. The summed E-state index contributed by atoms with van der Waals surface area (Å²) in [5.74, 6) is 2.78. The zero-order valence-electron chi connectivity index (χ0n) is 13.4. The SMILES string of the molecule is COc1cc(Oc2cnc(C)nc2N)c(C(C)C)nc1OC. The average molecular weight is 304 g/mol. The summed E-state index contributed by atoms with van der Waals surface area (Å²) in [4.78, 5) is 12.6. The summed E-state index contributed by atoms with van der Waals surface area (Å²) in [6, 6.07) is 1.72. The van der Waals surface area contributed by atoms with Gasteiger partial charge in [0.25, 0.3) is 5.88 Å². The molecule has 2 heterocycles. The summed E-state index contributed by atoms with van der Waals surface area (Å²) in [6.45, 7) is 5.78. The van der Waals surface area contributed by atoms with Crippen LogP contribution in [0.2, 0.25) is 0 Å². The van der Waals surface area contributed by atoms with Gasteiger partial charge < -0.3 is 19.9 Å². The van der Waals surface area contributed by atoms with Crippen molar-refractivity contribution < 1.29 is 14.2 Å². The summed E-state index contributed by atoms with van der Waals surface area (Å²) < 4.78 is 16.3. The third-order valence-electron chi connectivity index (χ3n) is 3.03. The van der Waals surface area contributed by atoms with Gasteiger partial charge in [0.1, 0.15) is 5.82 Å². The van der Waals surface area contributed by atoms with E-state index in [0.29, 0.717) is 29.0 Å². The topological polar surface area (TPSA) is 92.4 Å². The number of hydrogen-bond acceptors (Lipinski definition) is 7. The van der Waals surface area contributed by atoms with Gasteiger partial charge in [-0.25, -0.2) is 15.0 Å². The van der Waals surface area contributed by atoms with Crippen LogP contribution >= 0.6 is 0 Å². The van der Waals surface area contributed by atoms with Gasteiger partial charge in [-0.3, -0.25) is 0 Å². The molecule has 0 atom stereocenters. The van der Waals surface area contributed by atoms with Crippen LogP contribution in [0.4, 0.5) is 5.82 Å². The van der Waals surface area contributed by atoms with Crippen molar-refractivity contribution in [2.24, 2.45) is 0 Å². The van der Waals surface area contributed by atoms with Crippen LogP contribution in [0.5, 0.6) is 23.1 Å². The van der Waals surface area contributed by atoms with E-state index >= 15 is 0 Å². The van der Waals surface area contributed by atoms with Crippen LogP contribution in [0.1, 0.15) is 31.3 Å². The van der Waals surface area contributed by atoms with Gasteiger partial charge >= 0.3 is 0 Å². The van der Waals surface area contributed by atoms with Gasteiger partial charge in [0.2, 0.25) is 0 Å². The van der Waals surface area contributed by atoms with Crippen molar-refractivity contribution >= 4 is 5.82 Å². The highest BCUT2D eigenvalue weighted by molar-refractivity contribution is 5.50. The number of anilines is 1. The largest absolute Gasteiger partial charge is 0.491 e. The van der Waals surface area contributed by atoms with Gasteiger partial charge in [-0.15, -0.1) is 0 Å². The van der Waals surface area contributed by atoms with Crippen LogP contribution in [0.15, 0.2) is 12.3 Å². The molecule has 0 fully saturated rings. The average Bonchev–Trinajstić information content (AvgIpc) is 2.49. The van der Waals surface area contributed by atoms with Crippen LogP contribution < -0.4 is 19.9 Å². The Kier molecular flexibility index (Phi) is 4.65. The van der Waals surface area contributed by atoms with E-state index in [-0.39, 0.29) is 11.7 Å². The summed E-state index contributed by atoms with van der Waals surface area (Å²) in [5, 5.41) is 0. The van der Waals surface area contributed by atoms with Gasteiger partial charge in [-0.2, -0.15) is 0 Å². The second-order valence-corrected chi connectivity index (χ2v) is 5.01. The van der Waals surface area contributed by atoms with Gasteiger partial charge in [-0.05, 0) is 12.8 Å². The molecule has 0 aliphatic rings. The third-order valence-corrected chi connectivity index (χ3v) is 3.03. The Morgan fingerprint density at radius 1 is 1.05 bits per heavy atom. The van der Waals surface area contributed by atoms with Crippen molar-refractivity contribution in [3.63, 3.8) is 0 Å². The quantitative estimate of drug-likeness (QED) is 0.907. The second kappa shape index (κ2) is 6.46. The molecular weight excluding hydrogens is 284 g/mol. The van der Waals surface area contributed by atoms with E-state index in [0.717, 1.165) is 5.69 Å². The summed E-state index contributed by atoms with van der Waals surface area (Å²) in [7, 11) is 3.09. The van der Waals surface area contributed by atoms with Gasteiger partial charge in [0.15, 0.2) is 23.1 Å². The molecule has 2 aromatic heterocycles. The number of rotatable bonds is 5. The van der Waals surface area contributed by atoms with Crippen molar-refractivity contribution in [1.29, 1.82) is 0 Å². The molecule has 2 rings (SSSR count). The number of ether oxygens (including phenoxy) is 3. The van der Waals surface area contributed by atoms with Gasteiger partial charge in [0.05, 0.1) is 26.1 Å². The fraction of sp³-hybridized carbons (Fsp3) is 0.400. The number of aromatic nitrogens is 3. The molecule has 0 aliphatic carbocycles. The maximum atomic E-state index is 5.87. The van der Waals surface area contributed by atoms with Crippen LogP contribution in [-0.4, -0.2) is 29.2 Å². The maximum absolute atomic E-state index is 5.87. The number of nitrogen functional groups attached to an aromatic ring is 1. The molecule has 0 radical (unpaired) electrons. The zero-order chi connectivity index (χ0) is 16.3. The predicted molar refractivity (Wildman–Crippen MR) is 82.7 cm³/mol. The molecule has 0 spiro atoms. The Labute approximate surface area is 129 Å². The van der Waals surface area contributed by atoms with Crippen molar-refractivity contribution in [2.75, 3.05) is 20.0 Å². The van der Waals surface area contributed by atoms with Crippen LogP contribution in [0, 0.1) is 6.92 Å². The van der Waals surface area contributed by atoms with Gasteiger partial charge in [0, 0.05) is 6.07 Å². The van der Waals surface area contributed by atoms with Crippen LogP contribution in [0.3, 0.4) is 0 Å². The van der Waals surface area contributed by atoms with E-state index in [9.17, 15) is 0 Å². The second-order valence-electron chi connectivity index (χ2n) is 5.01. The molecule has 0 amide bonds. The lowest BCUT2D eigenvalue weighted by Crippen LogP contribution is -2.04.